The normalized spacial score (nSPS) is 17.5. The number of imidazole rings is 1. The second-order valence-corrected chi connectivity index (χ2v) is 6.34. The molecular weight excluding hydrogens is 331 g/mol. The minimum Gasteiger partial charge on any atom is -0.492 e. The monoisotopic (exact) mass is 346 g/mol. The first-order valence-electron chi connectivity index (χ1n) is 7.84. The summed E-state index contributed by atoms with van der Waals surface area (Å²) in [6, 6.07) is 8.15. The summed E-state index contributed by atoms with van der Waals surface area (Å²) in [5.41, 5.74) is 1.49. The predicted octanol–water partition coefficient (Wildman–Crippen LogP) is 4.21. The summed E-state index contributed by atoms with van der Waals surface area (Å²) in [5.74, 6) is 1.25. The number of hydrogen-bond donors (Lipinski definition) is 0. The number of aromatic nitrogens is 2. The smallest absolute Gasteiger partial charge is 0.148 e. The van der Waals surface area contributed by atoms with E-state index in [-0.39, 0.29) is 5.82 Å². The first kappa shape index (κ1) is 15.4. The highest BCUT2D eigenvalue weighted by atomic mass is 35.5. The molecule has 124 valence electrons. The molecule has 0 spiro atoms. The van der Waals surface area contributed by atoms with E-state index < -0.39 is 0 Å². The summed E-state index contributed by atoms with van der Waals surface area (Å²) >= 11 is 6.09. The molecule has 0 radical (unpaired) electrons. The lowest BCUT2D eigenvalue weighted by Gasteiger charge is -2.14. The molecule has 2 aromatic heterocycles. The molecular formula is C18H16ClFN2O2. The van der Waals surface area contributed by atoms with E-state index in [0.29, 0.717) is 41.3 Å². The maximum atomic E-state index is 13.8. The zero-order chi connectivity index (χ0) is 16.5. The standard InChI is InChI=1S/C18H16ClFN2O2/c19-13-1-3-15-8-21-18(22(15)9-13)16-7-14(20)2-4-17(16)24-11-12-5-6-23-10-12/h1-4,7-9,12H,5-6,10-11H2. The fraction of sp³-hybridized carbons (Fsp3) is 0.278. The SMILES string of the molecule is Fc1ccc(OCC2CCOC2)c(-c2ncc3ccc(Cl)cn23)c1. The Bertz CT molecular complexity index is 875. The quantitative estimate of drug-likeness (QED) is 0.710. The van der Waals surface area contributed by atoms with Gasteiger partial charge in [0.1, 0.15) is 17.4 Å². The molecule has 1 fully saturated rings. The predicted molar refractivity (Wildman–Crippen MR) is 90.0 cm³/mol. The maximum absolute atomic E-state index is 13.8. The van der Waals surface area contributed by atoms with Crippen LogP contribution < -0.4 is 4.74 Å². The summed E-state index contributed by atoms with van der Waals surface area (Å²) in [6.45, 7) is 2.02. The summed E-state index contributed by atoms with van der Waals surface area (Å²) < 4.78 is 27.0. The lowest BCUT2D eigenvalue weighted by Crippen LogP contribution is -2.12. The van der Waals surface area contributed by atoms with Crippen molar-refractivity contribution in [3.05, 3.63) is 53.6 Å². The van der Waals surface area contributed by atoms with Crippen LogP contribution in [0.4, 0.5) is 4.39 Å². The zero-order valence-electron chi connectivity index (χ0n) is 12.9. The molecule has 0 saturated carbocycles. The molecule has 6 heteroatoms. The largest absolute Gasteiger partial charge is 0.492 e. The first-order chi connectivity index (χ1) is 11.7. The topological polar surface area (TPSA) is 35.8 Å². The Morgan fingerprint density at radius 1 is 1.33 bits per heavy atom. The van der Waals surface area contributed by atoms with E-state index in [4.69, 9.17) is 21.1 Å². The zero-order valence-corrected chi connectivity index (χ0v) is 13.7. The lowest BCUT2D eigenvalue weighted by molar-refractivity contribution is 0.167. The van der Waals surface area contributed by atoms with Gasteiger partial charge in [-0.1, -0.05) is 11.6 Å². The molecule has 3 aromatic rings. The molecule has 0 bridgehead atoms. The minimum absolute atomic E-state index is 0.333. The van der Waals surface area contributed by atoms with Crippen LogP contribution in [0.3, 0.4) is 0 Å². The van der Waals surface area contributed by atoms with Crippen LogP contribution in [0, 0.1) is 11.7 Å². The lowest BCUT2D eigenvalue weighted by atomic mass is 10.1. The summed E-state index contributed by atoms with van der Waals surface area (Å²) in [4.78, 5) is 4.42. The van der Waals surface area contributed by atoms with Crippen molar-refractivity contribution in [2.75, 3.05) is 19.8 Å². The van der Waals surface area contributed by atoms with Crippen molar-refractivity contribution in [3.8, 4) is 17.1 Å². The van der Waals surface area contributed by atoms with Gasteiger partial charge in [-0.05, 0) is 36.8 Å². The second kappa shape index (κ2) is 6.42. The molecule has 1 atom stereocenters. The third kappa shape index (κ3) is 2.97. The molecule has 1 unspecified atom stereocenters. The Labute approximate surface area is 143 Å². The molecule has 4 nitrogen and oxygen atoms in total. The molecule has 0 amide bonds. The second-order valence-electron chi connectivity index (χ2n) is 5.91. The maximum Gasteiger partial charge on any atom is 0.148 e. The van der Waals surface area contributed by atoms with Crippen molar-refractivity contribution >= 4 is 17.1 Å². The van der Waals surface area contributed by atoms with Gasteiger partial charge in [0.2, 0.25) is 0 Å². The molecule has 1 aromatic carbocycles. The van der Waals surface area contributed by atoms with Gasteiger partial charge in [0, 0.05) is 18.7 Å². The van der Waals surface area contributed by atoms with E-state index >= 15 is 0 Å². The van der Waals surface area contributed by atoms with Crippen LogP contribution in [-0.4, -0.2) is 29.2 Å². The average Bonchev–Trinajstić information content (AvgIpc) is 3.22. The fourth-order valence-electron chi connectivity index (χ4n) is 2.89. The highest BCUT2D eigenvalue weighted by Gasteiger charge is 2.19. The highest BCUT2D eigenvalue weighted by molar-refractivity contribution is 6.30. The number of halogens is 2. The Hall–Kier alpha value is -2.11. The van der Waals surface area contributed by atoms with Gasteiger partial charge in [0.05, 0.1) is 35.5 Å². The van der Waals surface area contributed by atoms with Crippen molar-refractivity contribution in [2.45, 2.75) is 6.42 Å². The van der Waals surface area contributed by atoms with Crippen molar-refractivity contribution < 1.29 is 13.9 Å². The number of pyridine rings is 1. The van der Waals surface area contributed by atoms with E-state index in [1.165, 1.54) is 12.1 Å². The van der Waals surface area contributed by atoms with E-state index in [2.05, 4.69) is 4.98 Å². The third-order valence-corrected chi connectivity index (χ3v) is 4.40. The van der Waals surface area contributed by atoms with Crippen LogP contribution in [0.15, 0.2) is 42.7 Å². The van der Waals surface area contributed by atoms with E-state index in [9.17, 15) is 4.39 Å². The number of hydrogen-bond acceptors (Lipinski definition) is 3. The summed E-state index contributed by atoms with van der Waals surface area (Å²) in [5, 5.41) is 0.587. The minimum atomic E-state index is -0.333. The van der Waals surface area contributed by atoms with Crippen molar-refractivity contribution in [1.29, 1.82) is 0 Å². The molecule has 0 N–H and O–H groups in total. The average molecular weight is 347 g/mol. The number of fused-ring (bicyclic) bond motifs is 1. The molecule has 1 aliphatic heterocycles. The Balaban J connectivity index is 1.72. The van der Waals surface area contributed by atoms with Crippen molar-refractivity contribution in [3.63, 3.8) is 0 Å². The van der Waals surface area contributed by atoms with Crippen molar-refractivity contribution in [1.82, 2.24) is 9.38 Å². The molecule has 24 heavy (non-hydrogen) atoms. The van der Waals surface area contributed by atoms with E-state index in [1.54, 1.807) is 24.5 Å². The fourth-order valence-corrected chi connectivity index (χ4v) is 3.05. The van der Waals surface area contributed by atoms with Gasteiger partial charge in [0.25, 0.3) is 0 Å². The number of benzene rings is 1. The summed E-state index contributed by atoms with van der Waals surface area (Å²) in [7, 11) is 0. The summed E-state index contributed by atoms with van der Waals surface area (Å²) in [6.07, 6.45) is 4.47. The molecule has 1 saturated heterocycles. The number of nitrogens with zero attached hydrogens (tertiary/aromatic N) is 2. The molecule has 0 aliphatic carbocycles. The van der Waals surface area contributed by atoms with Crippen LogP contribution in [0.5, 0.6) is 5.75 Å². The van der Waals surface area contributed by atoms with Gasteiger partial charge >= 0.3 is 0 Å². The van der Waals surface area contributed by atoms with Gasteiger partial charge in [-0.2, -0.15) is 0 Å². The van der Waals surface area contributed by atoms with E-state index in [1.807, 2.05) is 10.5 Å². The highest BCUT2D eigenvalue weighted by Crippen LogP contribution is 2.32. The Kier molecular flexibility index (Phi) is 4.12. The molecule has 4 rings (SSSR count). The van der Waals surface area contributed by atoms with Crippen LogP contribution >= 0.6 is 11.6 Å². The van der Waals surface area contributed by atoms with Gasteiger partial charge in [-0.15, -0.1) is 0 Å². The number of rotatable bonds is 4. The van der Waals surface area contributed by atoms with Gasteiger partial charge in [0.15, 0.2) is 0 Å². The van der Waals surface area contributed by atoms with Gasteiger partial charge in [-0.25, -0.2) is 9.37 Å². The van der Waals surface area contributed by atoms with E-state index in [0.717, 1.165) is 18.5 Å². The first-order valence-corrected chi connectivity index (χ1v) is 8.21. The Morgan fingerprint density at radius 3 is 3.08 bits per heavy atom. The van der Waals surface area contributed by atoms with Gasteiger partial charge < -0.3 is 9.47 Å². The number of ether oxygens (including phenoxy) is 2. The Morgan fingerprint density at radius 2 is 2.25 bits per heavy atom. The van der Waals surface area contributed by atoms with Crippen LogP contribution in [-0.2, 0) is 4.74 Å². The van der Waals surface area contributed by atoms with Crippen LogP contribution in [0.1, 0.15) is 6.42 Å². The molecule has 1 aliphatic rings. The van der Waals surface area contributed by atoms with Gasteiger partial charge in [-0.3, -0.25) is 4.40 Å². The molecule has 3 heterocycles. The third-order valence-electron chi connectivity index (χ3n) is 4.17. The van der Waals surface area contributed by atoms with Crippen LogP contribution in [0.2, 0.25) is 5.02 Å². The van der Waals surface area contributed by atoms with Crippen LogP contribution in [0.25, 0.3) is 16.9 Å². The van der Waals surface area contributed by atoms with Crippen molar-refractivity contribution in [2.24, 2.45) is 5.92 Å².